The van der Waals surface area contributed by atoms with Gasteiger partial charge in [0.1, 0.15) is 0 Å². The van der Waals surface area contributed by atoms with Gasteiger partial charge < -0.3 is 9.73 Å². The van der Waals surface area contributed by atoms with Crippen LogP contribution in [0.5, 0.6) is 0 Å². The number of rotatable bonds is 2. The molecule has 0 radical (unpaired) electrons. The summed E-state index contributed by atoms with van der Waals surface area (Å²) < 4.78 is 6.36. The standard InChI is InChI=1S/C15H10Cl2N2O3/c1-19-12-6-8(2-5-13(12)22-15(19)21)14(20)18-9-3-4-10(16)11(17)7-9/h2-7H,1H3,(H,18,20). The van der Waals surface area contributed by atoms with Gasteiger partial charge in [-0.15, -0.1) is 0 Å². The third-order valence-electron chi connectivity index (χ3n) is 3.23. The number of nitrogens with one attached hydrogen (secondary N) is 1. The minimum atomic E-state index is -0.475. The molecule has 0 aliphatic rings. The summed E-state index contributed by atoms with van der Waals surface area (Å²) in [6.45, 7) is 0. The van der Waals surface area contributed by atoms with E-state index in [4.69, 9.17) is 27.6 Å². The lowest BCUT2D eigenvalue weighted by molar-refractivity contribution is 0.102. The first-order valence-electron chi connectivity index (χ1n) is 6.31. The number of hydrogen-bond acceptors (Lipinski definition) is 3. The number of carbonyl (C=O) groups is 1. The second kappa shape index (κ2) is 5.51. The van der Waals surface area contributed by atoms with Crippen molar-refractivity contribution in [2.24, 2.45) is 7.05 Å². The highest BCUT2D eigenvalue weighted by Crippen LogP contribution is 2.25. The van der Waals surface area contributed by atoms with Crippen LogP contribution in [0.25, 0.3) is 11.1 Å². The van der Waals surface area contributed by atoms with E-state index in [1.54, 1.807) is 43.4 Å². The number of nitrogens with zero attached hydrogens (tertiary/aromatic N) is 1. The van der Waals surface area contributed by atoms with E-state index < -0.39 is 5.76 Å². The number of carbonyl (C=O) groups excluding carboxylic acids is 1. The summed E-state index contributed by atoms with van der Waals surface area (Å²) in [5.41, 5.74) is 1.90. The van der Waals surface area contributed by atoms with E-state index in [0.717, 1.165) is 0 Å². The Hall–Kier alpha value is -2.24. The van der Waals surface area contributed by atoms with Gasteiger partial charge in [0, 0.05) is 18.3 Å². The van der Waals surface area contributed by atoms with Crippen molar-refractivity contribution in [1.82, 2.24) is 4.57 Å². The maximum Gasteiger partial charge on any atom is 0.419 e. The van der Waals surface area contributed by atoms with Crippen LogP contribution in [0, 0.1) is 0 Å². The highest BCUT2D eigenvalue weighted by molar-refractivity contribution is 6.42. The van der Waals surface area contributed by atoms with E-state index in [2.05, 4.69) is 5.32 Å². The molecule has 3 aromatic rings. The van der Waals surface area contributed by atoms with E-state index in [-0.39, 0.29) is 5.91 Å². The van der Waals surface area contributed by atoms with Gasteiger partial charge in [0.2, 0.25) is 0 Å². The molecule has 1 heterocycles. The van der Waals surface area contributed by atoms with Crippen LogP contribution in [0.4, 0.5) is 5.69 Å². The Kier molecular flexibility index (Phi) is 3.68. The summed E-state index contributed by atoms with van der Waals surface area (Å²) in [5.74, 6) is -0.800. The van der Waals surface area contributed by atoms with Crippen molar-refractivity contribution in [3.05, 3.63) is 62.6 Å². The summed E-state index contributed by atoms with van der Waals surface area (Å²) in [6, 6.07) is 9.57. The number of benzene rings is 2. The molecule has 7 heteroatoms. The maximum absolute atomic E-state index is 12.3. The zero-order chi connectivity index (χ0) is 15.9. The summed E-state index contributed by atoms with van der Waals surface area (Å²) >= 11 is 11.7. The quantitative estimate of drug-likeness (QED) is 0.776. The van der Waals surface area contributed by atoms with Gasteiger partial charge in [-0.05, 0) is 36.4 Å². The number of halogens is 2. The van der Waals surface area contributed by atoms with Crippen molar-refractivity contribution < 1.29 is 9.21 Å². The van der Waals surface area contributed by atoms with Gasteiger partial charge in [-0.2, -0.15) is 0 Å². The Bertz CT molecular complexity index is 944. The summed E-state index contributed by atoms with van der Waals surface area (Å²) in [4.78, 5) is 23.7. The average molecular weight is 337 g/mol. The minimum absolute atomic E-state index is 0.325. The molecule has 3 rings (SSSR count). The molecule has 22 heavy (non-hydrogen) atoms. The van der Waals surface area contributed by atoms with E-state index in [1.165, 1.54) is 4.57 Å². The average Bonchev–Trinajstić information content (AvgIpc) is 2.78. The van der Waals surface area contributed by atoms with E-state index >= 15 is 0 Å². The molecule has 0 fully saturated rings. The number of anilines is 1. The lowest BCUT2D eigenvalue weighted by Gasteiger charge is -2.06. The summed E-state index contributed by atoms with van der Waals surface area (Å²) in [5, 5.41) is 3.48. The van der Waals surface area contributed by atoms with Crippen LogP contribution >= 0.6 is 23.2 Å². The lowest BCUT2D eigenvalue weighted by atomic mass is 10.2. The number of amides is 1. The topological polar surface area (TPSA) is 64.2 Å². The van der Waals surface area contributed by atoms with Gasteiger partial charge in [-0.3, -0.25) is 9.36 Å². The van der Waals surface area contributed by atoms with E-state index in [0.29, 0.717) is 32.4 Å². The number of hydrogen-bond donors (Lipinski definition) is 1. The predicted octanol–water partition coefficient (Wildman–Crippen LogP) is 3.69. The predicted molar refractivity (Wildman–Crippen MR) is 85.9 cm³/mol. The van der Waals surface area contributed by atoms with Gasteiger partial charge >= 0.3 is 5.76 Å². The monoisotopic (exact) mass is 336 g/mol. The summed E-state index contributed by atoms with van der Waals surface area (Å²) in [6.07, 6.45) is 0. The molecule has 1 aromatic heterocycles. The largest absolute Gasteiger partial charge is 0.419 e. The Morgan fingerprint density at radius 2 is 1.91 bits per heavy atom. The fourth-order valence-corrected chi connectivity index (χ4v) is 2.34. The first kappa shape index (κ1) is 14.7. The third-order valence-corrected chi connectivity index (χ3v) is 3.97. The molecule has 0 saturated carbocycles. The fraction of sp³-hybridized carbons (Fsp3) is 0.0667. The van der Waals surface area contributed by atoms with E-state index in [9.17, 15) is 9.59 Å². The van der Waals surface area contributed by atoms with Crippen molar-refractivity contribution in [1.29, 1.82) is 0 Å². The first-order chi connectivity index (χ1) is 10.5. The van der Waals surface area contributed by atoms with Crippen LogP contribution in [0.15, 0.2) is 45.6 Å². The molecular formula is C15H10Cl2N2O3. The Labute approximate surface area is 135 Å². The fourth-order valence-electron chi connectivity index (χ4n) is 2.05. The van der Waals surface area contributed by atoms with Gasteiger partial charge in [-0.25, -0.2) is 4.79 Å². The molecule has 0 unspecified atom stereocenters. The van der Waals surface area contributed by atoms with Crippen LogP contribution < -0.4 is 11.1 Å². The number of fused-ring (bicyclic) bond motifs is 1. The molecule has 0 bridgehead atoms. The van der Waals surface area contributed by atoms with Crippen LogP contribution in [0.1, 0.15) is 10.4 Å². The minimum Gasteiger partial charge on any atom is -0.408 e. The Morgan fingerprint density at radius 1 is 1.14 bits per heavy atom. The smallest absolute Gasteiger partial charge is 0.408 e. The maximum atomic E-state index is 12.3. The van der Waals surface area contributed by atoms with Crippen molar-refractivity contribution in [2.75, 3.05) is 5.32 Å². The van der Waals surface area contributed by atoms with Gasteiger partial charge in [0.15, 0.2) is 5.58 Å². The van der Waals surface area contributed by atoms with Crippen LogP contribution in [-0.4, -0.2) is 10.5 Å². The lowest BCUT2D eigenvalue weighted by Crippen LogP contribution is -2.12. The van der Waals surface area contributed by atoms with Crippen molar-refractivity contribution in [3.63, 3.8) is 0 Å². The molecule has 0 atom stereocenters. The van der Waals surface area contributed by atoms with Crippen LogP contribution in [0.3, 0.4) is 0 Å². The highest BCUT2D eigenvalue weighted by Gasteiger charge is 2.12. The number of aromatic nitrogens is 1. The molecule has 112 valence electrons. The van der Waals surface area contributed by atoms with Crippen molar-refractivity contribution in [3.8, 4) is 0 Å². The van der Waals surface area contributed by atoms with Gasteiger partial charge in [0.25, 0.3) is 5.91 Å². The first-order valence-corrected chi connectivity index (χ1v) is 7.07. The zero-order valence-corrected chi connectivity index (χ0v) is 12.9. The van der Waals surface area contributed by atoms with Crippen molar-refractivity contribution in [2.45, 2.75) is 0 Å². The van der Waals surface area contributed by atoms with Crippen LogP contribution in [0.2, 0.25) is 10.0 Å². The zero-order valence-electron chi connectivity index (χ0n) is 11.4. The molecule has 0 aliphatic carbocycles. The Balaban J connectivity index is 1.93. The number of aryl methyl sites for hydroxylation is 1. The number of oxazole rings is 1. The van der Waals surface area contributed by atoms with Crippen LogP contribution in [-0.2, 0) is 7.05 Å². The molecule has 1 N–H and O–H groups in total. The molecule has 0 spiro atoms. The van der Waals surface area contributed by atoms with Gasteiger partial charge in [0.05, 0.1) is 15.6 Å². The van der Waals surface area contributed by atoms with Gasteiger partial charge in [-0.1, -0.05) is 23.2 Å². The molecular weight excluding hydrogens is 327 g/mol. The molecule has 2 aromatic carbocycles. The third kappa shape index (κ3) is 2.61. The van der Waals surface area contributed by atoms with E-state index in [1.807, 2.05) is 0 Å². The Morgan fingerprint density at radius 3 is 2.64 bits per heavy atom. The molecule has 1 amide bonds. The second-order valence-corrected chi connectivity index (χ2v) is 5.51. The molecule has 0 aliphatic heterocycles. The highest BCUT2D eigenvalue weighted by atomic mass is 35.5. The second-order valence-electron chi connectivity index (χ2n) is 4.69. The summed E-state index contributed by atoms with van der Waals surface area (Å²) in [7, 11) is 1.58. The normalized spacial score (nSPS) is 10.9. The molecule has 5 nitrogen and oxygen atoms in total. The van der Waals surface area contributed by atoms with Crippen molar-refractivity contribution >= 4 is 45.9 Å². The molecule has 0 saturated heterocycles. The SMILES string of the molecule is Cn1c(=O)oc2ccc(C(=O)Nc3ccc(Cl)c(Cl)c3)cc21.